The van der Waals surface area contributed by atoms with Gasteiger partial charge in [-0.05, 0) is 31.5 Å². The molecule has 2 rings (SSSR count). The molecule has 27 heavy (non-hydrogen) atoms. The second kappa shape index (κ2) is 13.3. The van der Waals surface area contributed by atoms with Gasteiger partial charge in [-0.25, -0.2) is 0 Å². The number of guanidine groups is 1. The Morgan fingerprint density at radius 3 is 2.78 bits per heavy atom. The van der Waals surface area contributed by atoms with Gasteiger partial charge in [-0.15, -0.1) is 35.3 Å². The van der Waals surface area contributed by atoms with Crippen LogP contribution in [0.4, 0.5) is 0 Å². The minimum absolute atomic E-state index is 0. The van der Waals surface area contributed by atoms with Gasteiger partial charge >= 0.3 is 0 Å². The molecule has 6 nitrogen and oxygen atoms in total. The summed E-state index contributed by atoms with van der Waals surface area (Å²) >= 11 is 1.62. The van der Waals surface area contributed by atoms with E-state index in [0.717, 1.165) is 43.6 Å². The number of benzene rings is 1. The molecule has 0 aliphatic heterocycles. The molecule has 0 bridgehead atoms. The summed E-state index contributed by atoms with van der Waals surface area (Å²) < 4.78 is 6.27. The molecule has 1 aromatic carbocycles. The van der Waals surface area contributed by atoms with Crippen LogP contribution in [0.2, 0.25) is 0 Å². The van der Waals surface area contributed by atoms with E-state index in [9.17, 15) is 5.11 Å². The molecule has 0 aliphatic rings. The van der Waals surface area contributed by atoms with Crippen molar-refractivity contribution >= 4 is 51.4 Å². The first-order valence-electron chi connectivity index (χ1n) is 9.00. The van der Waals surface area contributed by atoms with E-state index in [0.29, 0.717) is 6.54 Å². The number of likely N-dealkylation sites (N-methyl/N-ethyl adjacent to an activating group) is 1. The van der Waals surface area contributed by atoms with Crippen molar-refractivity contribution in [3.63, 3.8) is 0 Å². The van der Waals surface area contributed by atoms with Crippen molar-refractivity contribution in [3.8, 4) is 0 Å². The molecule has 152 valence electrons. The third-order valence-electron chi connectivity index (χ3n) is 4.00. The van der Waals surface area contributed by atoms with E-state index >= 15 is 0 Å². The predicted molar refractivity (Wildman–Crippen MR) is 126 cm³/mol. The third-order valence-corrected chi connectivity index (χ3v) is 5.22. The minimum atomic E-state index is -0.591. The first kappa shape index (κ1) is 24.1. The van der Waals surface area contributed by atoms with E-state index in [1.807, 2.05) is 25.1 Å². The van der Waals surface area contributed by atoms with Crippen LogP contribution in [0.3, 0.4) is 0 Å². The van der Waals surface area contributed by atoms with Gasteiger partial charge in [-0.2, -0.15) is 0 Å². The molecule has 1 aromatic heterocycles. The first-order valence-corrected chi connectivity index (χ1v) is 9.82. The van der Waals surface area contributed by atoms with E-state index < -0.39 is 6.10 Å². The molecule has 0 saturated heterocycles. The largest absolute Gasteiger partial charge is 0.386 e. The molecule has 0 radical (unpaired) electrons. The lowest BCUT2D eigenvalue weighted by Crippen LogP contribution is -2.41. The number of aliphatic hydroxyl groups is 1. The average molecular weight is 506 g/mol. The molecule has 1 unspecified atom stereocenters. The highest BCUT2D eigenvalue weighted by Crippen LogP contribution is 2.29. The Bertz CT molecular complexity index is 662. The number of rotatable bonds is 10. The van der Waals surface area contributed by atoms with Crippen molar-refractivity contribution in [1.82, 2.24) is 15.5 Å². The Morgan fingerprint density at radius 2 is 2.07 bits per heavy atom. The lowest BCUT2D eigenvalue weighted by molar-refractivity contribution is 0.162. The highest BCUT2D eigenvalue weighted by atomic mass is 127. The van der Waals surface area contributed by atoms with Crippen molar-refractivity contribution in [2.45, 2.75) is 13.0 Å². The van der Waals surface area contributed by atoms with Crippen LogP contribution >= 0.6 is 35.3 Å². The highest BCUT2D eigenvalue weighted by molar-refractivity contribution is 14.0. The normalized spacial score (nSPS) is 12.9. The van der Waals surface area contributed by atoms with Crippen LogP contribution in [-0.2, 0) is 4.74 Å². The van der Waals surface area contributed by atoms with E-state index in [1.54, 1.807) is 18.4 Å². The maximum Gasteiger partial charge on any atom is 0.191 e. The number of aliphatic hydroxyl groups excluding tert-OH is 1. The smallest absolute Gasteiger partial charge is 0.191 e. The van der Waals surface area contributed by atoms with Crippen LogP contribution in [0.1, 0.15) is 17.9 Å². The molecule has 3 N–H and O–H groups in total. The van der Waals surface area contributed by atoms with Gasteiger partial charge in [0, 0.05) is 42.9 Å². The van der Waals surface area contributed by atoms with Gasteiger partial charge < -0.3 is 25.4 Å². The maximum absolute atomic E-state index is 10.5. The Balaban J connectivity index is 0.00000364. The molecular weight excluding hydrogens is 475 g/mol. The highest BCUT2D eigenvalue weighted by Gasteiger charge is 2.11. The summed E-state index contributed by atoms with van der Waals surface area (Å²) in [4.78, 5) is 7.68. The number of methoxy groups -OCH3 is 1. The topological polar surface area (TPSA) is 69.1 Å². The minimum Gasteiger partial charge on any atom is -0.386 e. The zero-order valence-electron chi connectivity index (χ0n) is 16.3. The molecule has 0 amide bonds. The van der Waals surface area contributed by atoms with E-state index in [4.69, 9.17) is 4.74 Å². The lowest BCUT2D eigenvalue weighted by Gasteiger charge is -2.18. The van der Waals surface area contributed by atoms with Gasteiger partial charge in [0.25, 0.3) is 0 Å². The standard InChI is InChI=1S/C19H30N4O2S.HI/c1-4-20-19(21-9-10-23(2)11-12-25-3)22-14-16(24)18-13-15-7-5-6-8-17(15)26-18;/h5-8,13,16,24H,4,9-12,14H2,1-3H3,(H2,20,21,22);1H. The summed E-state index contributed by atoms with van der Waals surface area (Å²) in [7, 11) is 3.78. The van der Waals surface area contributed by atoms with Gasteiger partial charge in [0.1, 0.15) is 6.10 Å². The number of hydrogen-bond donors (Lipinski definition) is 3. The number of nitrogens with one attached hydrogen (secondary N) is 2. The summed E-state index contributed by atoms with van der Waals surface area (Å²) in [6, 6.07) is 10.2. The van der Waals surface area contributed by atoms with Crippen molar-refractivity contribution in [3.05, 3.63) is 35.2 Å². The number of halogens is 1. The van der Waals surface area contributed by atoms with E-state index in [2.05, 4.69) is 39.7 Å². The second-order valence-electron chi connectivity index (χ2n) is 6.14. The Morgan fingerprint density at radius 1 is 1.30 bits per heavy atom. The molecule has 0 spiro atoms. The number of aliphatic imine (C=N–C) groups is 1. The lowest BCUT2D eigenvalue weighted by atomic mass is 10.2. The van der Waals surface area contributed by atoms with Gasteiger partial charge in [0.2, 0.25) is 0 Å². The second-order valence-corrected chi connectivity index (χ2v) is 7.26. The van der Waals surface area contributed by atoms with Crippen molar-refractivity contribution in [1.29, 1.82) is 0 Å². The monoisotopic (exact) mass is 506 g/mol. The Labute approximate surface area is 183 Å². The van der Waals surface area contributed by atoms with Gasteiger partial charge in [0.15, 0.2) is 5.96 Å². The first-order chi connectivity index (χ1) is 12.6. The molecule has 1 atom stereocenters. The summed E-state index contributed by atoms with van der Waals surface area (Å²) in [5, 5.41) is 18.2. The van der Waals surface area contributed by atoms with Gasteiger partial charge in [0.05, 0.1) is 13.2 Å². The summed E-state index contributed by atoms with van der Waals surface area (Å²) in [5.41, 5.74) is 0. The number of ether oxygens (including phenoxy) is 1. The summed E-state index contributed by atoms with van der Waals surface area (Å²) in [5.74, 6) is 0.729. The summed E-state index contributed by atoms with van der Waals surface area (Å²) in [6.45, 7) is 6.45. The number of hydrogen-bond acceptors (Lipinski definition) is 5. The van der Waals surface area contributed by atoms with E-state index in [-0.39, 0.29) is 24.0 Å². The molecular formula is C19H31IN4O2S. The summed E-state index contributed by atoms with van der Waals surface area (Å²) in [6.07, 6.45) is -0.591. The van der Waals surface area contributed by atoms with Crippen LogP contribution in [0.15, 0.2) is 35.3 Å². The van der Waals surface area contributed by atoms with Crippen LogP contribution in [-0.4, -0.2) is 69.5 Å². The molecule has 8 heteroatoms. The fraction of sp³-hybridized carbons (Fsp3) is 0.526. The molecule has 2 aromatic rings. The number of thiophene rings is 1. The predicted octanol–water partition coefficient (Wildman–Crippen LogP) is 2.69. The van der Waals surface area contributed by atoms with Crippen molar-refractivity contribution < 1.29 is 9.84 Å². The van der Waals surface area contributed by atoms with Crippen LogP contribution < -0.4 is 10.6 Å². The van der Waals surface area contributed by atoms with Crippen LogP contribution in [0.25, 0.3) is 10.1 Å². The molecule has 0 aliphatic carbocycles. The number of fused-ring (bicyclic) bond motifs is 1. The Kier molecular flexibility index (Phi) is 11.8. The van der Waals surface area contributed by atoms with E-state index in [1.165, 1.54) is 10.1 Å². The van der Waals surface area contributed by atoms with Crippen molar-refractivity contribution in [2.75, 3.05) is 53.5 Å². The average Bonchev–Trinajstić information content (AvgIpc) is 3.08. The quantitative estimate of drug-likeness (QED) is 0.263. The van der Waals surface area contributed by atoms with Gasteiger partial charge in [-0.1, -0.05) is 18.2 Å². The Hall–Kier alpha value is -0.940. The SMILES string of the molecule is CCNC(=NCC(O)c1cc2ccccc2s1)NCCN(C)CCOC.I. The maximum atomic E-state index is 10.5. The third kappa shape index (κ3) is 8.30. The molecule has 0 fully saturated rings. The van der Waals surface area contributed by atoms with Crippen molar-refractivity contribution in [2.24, 2.45) is 4.99 Å². The fourth-order valence-corrected chi connectivity index (χ4v) is 3.54. The fourth-order valence-electron chi connectivity index (χ4n) is 2.50. The molecule has 0 saturated carbocycles. The number of nitrogens with zero attached hydrogens (tertiary/aromatic N) is 2. The van der Waals surface area contributed by atoms with Gasteiger partial charge in [-0.3, -0.25) is 4.99 Å². The molecule has 1 heterocycles. The zero-order chi connectivity index (χ0) is 18.8. The van der Waals surface area contributed by atoms with Crippen LogP contribution in [0, 0.1) is 0 Å². The van der Waals surface area contributed by atoms with Crippen LogP contribution in [0.5, 0.6) is 0 Å². The zero-order valence-corrected chi connectivity index (χ0v) is 19.4.